The summed E-state index contributed by atoms with van der Waals surface area (Å²) >= 11 is 0. The highest BCUT2D eigenvalue weighted by molar-refractivity contribution is 5.85. The fraction of sp³-hybridized carbons (Fsp3) is 0.300. The molecule has 0 aliphatic rings. The van der Waals surface area contributed by atoms with Gasteiger partial charge in [0.2, 0.25) is 0 Å². The van der Waals surface area contributed by atoms with Crippen molar-refractivity contribution in [1.82, 2.24) is 5.43 Å². The van der Waals surface area contributed by atoms with Crippen molar-refractivity contribution in [3.63, 3.8) is 0 Å². The number of amides is 1. The molecule has 7 heteroatoms. The molecule has 0 unspecified atom stereocenters. The molecule has 0 saturated heterocycles. The van der Waals surface area contributed by atoms with Crippen LogP contribution in [0.25, 0.3) is 0 Å². The van der Waals surface area contributed by atoms with Gasteiger partial charge in [-0.25, -0.2) is 14.6 Å². The summed E-state index contributed by atoms with van der Waals surface area (Å²) in [6.45, 7) is 2.91. The fourth-order valence-corrected chi connectivity index (χ4v) is 1.06. The zero-order chi connectivity index (χ0) is 12.3. The predicted molar refractivity (Wildman–Crippen MR) is 60.6 cm³/mol. The number of ether oxygens (including phenoxy) is 1. The summed E-state index contributed by atoms with van der Waals surface area (Å²) < 4.78 is 30.7. The third kappa shape index (κ3) is 3.83. The van der Waals surface area contributed by atoms with Crippen molar-refractivity contribution < 1.29 is 18.3 Å². The van der Waals surface area contributed by atoms with E-state index in [2.05, 4.69) is 0 Å². The van der Waals surface area contributed by atoms with Crippen LogP contribution in [0, 0.1) is 11.6 Å². The van der Waals surface area contributed by atoms with Crippen molar-refractivity contribution >= 4 is 18.3 Å². The number of nitrogens with two attached hydrogens (primary N) is 1. The molecule has 1 aromatic rings. The highest BCUT2D eigenvalue weighted by atomic mass is 35.5. The van der Waals surface area contributed by atoms with E-state index in [-0.39, 0.29) is 18.2 Å². The molecule has 0 atom stereocenters. The van der Waals surface area contributed by atoms with Crippen LogP contribution in [0.15, 0.2) is 18.2 Å². The minimum Gasteiger partial charge on any atom is -0.478 e. The maximum absolute atomic E-state index is 12.9. The Morgan fingerprint density at radius 2 is 1.94 bits per heavy atom. The van der Waals surface area contributed by atoms with Gasteiger partial charge in [0.15, 0.2) is 17.2 Å². The highest BCUT2D eigenvalue weighted by Gasteiger charge is 2.29. The minimum absolute atomic E-state index is 0. The van der Waals surface area contributed by atoms with E-state index >= 15 is 0 Å². The summed E-state index contributed by atoms with van der Waals surface area (Å²) in [7, 11) is 0. The van der Waals surface area contributed by atoms with Crippen LogP contribution in [-0.4, -0.2) is 11.5 Å². The normalized spacial score (nSPS) is 10.4. The largest absolute Gasteiger partial charge is 0.478 e. The van der Waals surface area contributed by atoms with Gasteiger partial charge in [0.25, 0.3) is 5.91 Å². The summed E-state index contributed by atoms with van der Waals surface area (Å²) in [5, 5.41) is 0. The van der Waals surface area contributed by atoms with Gasteiger partial charge in [0.05, 0.1) is 0 Å². The smallest absolute Gasteiger partial charge is 0.277 e. The van der Waals surface area contributed by atoms with Gasteiger partial charge in [-0.05, 0) is 26.0 Å². The molecule has 17 heavy (non-hydrogen) atoms. The molecule has 1 rings (SSSR count). The van der Waals surface area contributed by atoms with Gasteiger partial charge in [0.1, 0.15) is 5.75 Å². The first kappa shape index (κ1) is 15.6. The fourth-order valence-electron chi connectivity index (χ4n) is 1.06. The number of benzene rings is 1. The Morgan fingerprint density at radius 1 is 1.35 bits per heavy atom. The Hall–Kier alpha value is -1.40. The maximum Gasteiger partial charge on any atom is 0.277 e. The topological polar surface area (TPSA) is 64.3 Å². The van der Waals surface area contributed by atoms with E-state index in [1.807, 2.05) is 5.43 Å². The molecular weight excluding hydrogens is 254 g/mol. The molecule has 3 N–H and O–H groups in total. The Morgan fingerprint density at radius 3 is 2.41 bits per heavy atom. The molecule has 0 spiro atoms. The summed E-state index contributed by atoms with van der Waals surface area (Å²) in [6, 6.07) is 3.01. The molecule has 1 aromatic carbocycles. The van der Waals surface area contributed by atoms with Crippen molar-refractivity contribution in [2.45, 2.75) is 19.4 Å². The molecule has 0 heterocycles. The van der Waals surface area contributed by atoms with Crippen molar-refractivity contribution in [2.24, 2.45) is 5.84 Å². The number of halogens is 3. The third-order valence-electron chi connectivity index (χ3n) is 1.94. The van der Waals surface area contributed by atoms with Crippen LogP contribution >= 0.6 is 12.4 Å². The number of hydrazine groups is 1. The van der Waals surface area contributed by atoms with E-state index in [1.54, 1.807) is 0 Å². The van der Waals surface area contributed by atoms with E-state index in [0.717, 1.165) is 12.1 Å². The number of carbonyl (C=O) groups is 1. The molecule has 0 bridgehead atoms. The van der Waals surface area contributed by atoms with Crippen LogP contribution in [-0.2, 0) is 4.79 Å². The Balaban J connectivity index is 0.00000256. The first-order valence-corrected chi connectivity index (χ1v) is 4.52. The zero-order valence-electron chi connectivity index (χ0n) is 9.29. The molecule has 96 valence electrons. The number of hydrogen-bond acceptors (Lipinski definition) is 3. The van der Waals surface area contributed by atoms with Gasteiger partial charge >= 0.3 is 0 Å². The number of nitrogens with one attached hydrogen (secondary N) is 1. The van der Waals surface area contributed by atoms with Crippen LogP contribution in [0.4, 0.5) is 8.78 Å². The Kier molecular flexibility index (Phi) is 5.31. The van der Waals surface area contributed by atoms with Gasteiger partial charge in [-0.3, -0.25) is 10.2 Å². The van der Waals surface area contributed by atoms with E-state index in [9.17, 15) is 13.6 Å². The van der Waals surface area contributed by atoms with Crippen LogP contribution in [0.5, 0.6) is 5.75 Å². The number of carbonyl (C=O) groups excluding carboxylic acids is 1. The second-order valence-corrected chi connectivity index (χ2v) is 3.66. The SMILES string of the molecule is CC(C)(Oc1ccc(F)c(F)c1)C(=O)NN.Cl. The van der Waals surface area contributed by atoms with Gasteiger partial charge in [-0.15, -0.1) is 12.4 Å². The number of hydrogen-bond donors (Lipinski definition) is 2. The first-order chi connectivity index (χ1) is 7.36. The van der Waals surface area contributed by atoms with Gasteiger partial charge in [-0.1, -0.05) is 0 Å². The Bertz CT molecular complexity index is 413. The molecule has 4 nitrogen and oxygen atoms in total. The second kappa shape index (κ2) is 5.79. The molecular formula is C10H13ClF2N2O2. The lowest BCUT2D eigenvalue weighted by Crippen LogP contribution is -2.49. The molecule has 0 aliphatic carbocycles. The molecule has 0 fully saturated rings. The summed E-state index contributed by atoms with van der Waals surface area (Å²) in [5.74, 6) is 2.41. The minimum atomic E-state index is -1.26. The van der Waals surface area contributed by atoms with E-state index in [1.165, 1.54) is 19.9 Å². The lowest BCUT2D eigenvalue weighted by Gasteiger charge is -2.24. The molecule has 0 radical (unpaired) electrons. The van der Waals surface area contributed by atoms with Gasteiger partial charge < -0.3 is 4.74 Å². The van der Waals surface area contributed by atoms with E-state index in [4.69, 9.17) is 10.6 Å². The molecule has 0 aliphatic heterocycles. The lowest BCUT2D eigenvalue weighted by atomic mass is 10.1. The Labute approximate surface area is 104 Å². The average Bonchev–Trinajstić information content (AvgIpc) is 2.22. The second-order valence-electron chi connectivity index (χ2n) is 3.66. The van der Waals surface area contributed by atoms with E-state index in [0.29, 0.717) is 0 Å². The highest BCUT2D eigenvalue weighted by Crippen LogP contribution is 2.20. The number of rotatable bonds is 3. The molecule has 0 saturated carbocycles. The van der Waals surface area contributed by atoms with Crippen LogP contribution in [0.1, 0.15) is 13.8 Å². The summed E-state index contributed by atoms with van der Waals surface area (Å²) in [4.78, 5) is 11.3. The third-order valence-corrected chi connectivity index (χ3v) is 1.94. The average molecular weight is 267 g/mol. The quantitative estimate of drug-likeness (QED) is 0.495. The van der Waals surface area contributed by atoms with Crippen LogP contribution < -0.4 is 16.0 Å². The maximum atomic E-state index is 12.9. The standard InChI is InChI=1S/C10H12F2N2O2.ClH/c1-10(2,9(15)14-13)16-6-3-4-7(11)8(12)5-6;/h3-5H,13H2,1-2H3,(H,14,15);1H. The predicted octanol–water partition coefficient (Wildman–Crippen LogP) is 1.53. The van der Waals surface area contributed by atoms with Crippen LogP contribution in [0.3, 0.4) is 0 Å². The zero-order valence-corrected chi connectivity index (χ0v) is 10.1. The molecule has 0 aromatic heterocycles. The van der Waals surface area contributed by atoms with Crippen molar-refractivity contribution in [1.29, 1.82) is 0 Å². The lowest BCUT2D eigenvalue weighted by molar-refractivity contribution is -0.134. The summed E-state index contributed by atoms with van der Waals surface area (Å²) in [5.41, 5.74) is 0.655. The van der Waals surface area contributed by atoms with Gasteiger partial charge in [0, 0.05) is 6.07 Å². The summed E-state index contributed by atoms with van der Waals surface area (Å²) in [6.07, 6.45) is 0. The van der Waals surface area contributed by atoms with Crippen molar-refractivity contribution in [3.05, 3.63) is 29.8 Å². The van der Waals surface area contributed by atoms with Crippen molar-refractivity contribution in [2.75, 3.05) is 0 Å². The molecule has 1 amide bonds. The van der Waals surface area contributed by atoms with Gasteiger partial charge in [-0.2, -0.15) is 0 Å². The monoisotopic (exact) mass is 266 g/mol. The van der Waals surface area contributed by atoms with Crippen LogP contribution in [0.2, 0.25) is 0 Å². The van der Waals surface area contributed by atoms with Crippen molar-refractivity contribution in [3.8, 4) is 5.75 Å². The van der Waals surface area contributed by atoms with E-state index < -0.39 is 23.1 Å². The first-order valence-electron chi connectivity index (χ1n) is 4.52.